The molecule has 0 aromatic carbocycles. The van der Waals surface area contributed by atoms with Crippen LogP contribution >= 0.6 is 0 Å². The molecule has 1 aromatic heterocycles. The molecule has 1 aromatic rings. The third-order valence-corrected chi connectivity index (χ3v) is 5.43. The summed E-state index contributed by atoms with van der Waals surface area (Å²) >= 11 is 0. The number of carbonyl (C=O) groups is 1. The fraction of sp³-hybridized carbons (Fsp3) is 0.778. The van der Waals surface area contributed by atoms with Crippen LogP contribution in [-0.2, 0) is 11.3 Å². The number of rotatable bonds is 4. The Balaban J connectivity index is 1.53. The number of likely N-dealkylation sites (tertiary alicyclic amines) is 1. The zero-order chi connectivity index (χ0) is 17.3. The second-order valence-corrected chi connectivity index (χ2v) is 7.55. The van der Waals surface area contributed by atoms with Crippen molar-refractivity contribution in [2.24, 2.45) is 0 Å². The average molecular weight is 333 g/mol. The van der Waals surface area contributed by atoms with Gasteiger partial charge in [0.15, 0.2) is 0 Å². The zero-order valence-electron chi connectivity index (χ0n) is 15.5. The summed E-state index contributed by atoms with van der Waals surface area (Å²) in [5.74, 6) is 0.332. The molecule has 6 heteroatoms. The molecule has 0 aliphatic carbocycles. The number of hydrogen-bond donors (Lipinski definition) is 0. The van der Waals surface area contributed by atoms with E-state index in [4.69, 9.17) is 0 Å². The first-order valence-electron chi connectivity index (χ1n) is 9.21. The molecule has 0 unspecified atom stereocenters. The van der Waals surface area contributed by atoms with Gasteiger partial charge in [0.2, 0.25) is 5.91 Å². The summed E-state index contributed by atoms with van der Waals surface area (Å²) in [5, 5.41) is 4.60. The third-order valence-electron chi connectivity index (χ3n) is 5.43. The summed E-state index contributed by atoms with van der Waals surface area (Å²) in [4.78, 5) is 19.4. The number of aromatic nitrogens is 2. The Labute approximate surface area is 145 Å². The SMILES string of the molecule is Cc1nn(C(C)C)cc1CN1CCN(C(=O)[C@H]2CCCN2C)CC1. The van der Waals surface area contributed by atoms with Crippen molar-refractivity contribution in [1.82, 2.24) is 24.5 Å². The summed E-state index contributed by atoms with van der Waals surface area (Å²) in [7, 11) is 2.07. The molecule has 2 saturated heterocycles. The van der Waals surface area contributed by atoms with E-state index in [1.807, 2.05) is 4.68 Å². The second kappa shape index (κ2) is 7.23. The summed E-state index contributed by atoms with van der Waals surface area (Å²) < 4.78 is 2.04. The average Bonchev–Trinajstić information content (AvgIpc) is 3.14. The highest BCUT2D eigenvalue weighted by molar-refractivity contribution is 5.82. The topological polar surface area (TPSA) is 44.6 Å². The zero-order valence-corrected chi connectivity index (χ0v) is 15.5. The van der Waals surface area contributed by atoms with E-state index in [2.05, 4.69) is 53.8 Å². The number of amides is 1. The maximum atomic E-state index is 12.7. The van der Waals surface area contributed by atoms with Crippen LogP contribution in [0.4, 0.5) is 0 Å². The van der Waals surface area contributed by atoms with Crippen LogP contribution in [0.15, 0.2) is 6.20 Å². The fourth-order valence-corrected chi connectivity index (χ4v) is 3.74. The van der Waals surface area contributed by atoms with Crippen molar-refractivity contribution in [3.63, 3.8) is 0 Å². The largest absolute Gasteiger partial charge is 0.339 e. The molecule has 6 nitrogen and oxygen atoms in total. The molecule has 2 fully saturated rings. The Bertz CT molecular complexity index is 574. The van der Waals surface area contributed by atoms with Crippen molar-refractivity contribution in [1.29, 1.82) is 0 Å². The van der Waals surface area contributed by atoms with E-state index >= 15 is 0 Å². The monoisotopic (exact) mass is 333 g/mol. The Morgan fingerprint density at radius 2 is 1.96 bits per heavy atom. The summed E-state index contributed by atoms with van der Waals surface area (Å²) in [6.07, 6.45) is 4.33. The molecule has 24 heavy (non-hydrogen) atoms. The van der Waals surface area contributed by atoms with Crippen LogP contribution in [0.1, 0.15) is 44.0 Å². The maximum Gasteiger partial charge on any atom is 0.240 e. The second-order valence-electron chi connectivity index (χ2n) is 7.55. The first-order valence-corrected chi connectivity index (χ1v) is 9.21. The lowest BCUT2D eigenvalue weighted by atomic mass is 10.1. The minimum Gasteiger partial charge on any atom is -0.339 e. The molecule has 2 aliphatic heterocycles. The van der Waals surface area contributed by atoms with Crippen molar-refractivity contribution in [2.75, 3.05) is 39.8 Å². The van der Waals surface area contributed by atoms with Gasteiger partial charge in [0, 0.05) is 50.5 Å². The molecule has 1 atom stereocenters. The number of carbonyl (C=O) groups excluding carboxylic acids is 1. The van der Waals surface area contributed by atoms with E-state index in [0.29, 0.717) is 11.9 Å². The Kier molecular flexibility index (Phi) is 5.25. The van der Waals surface area contributed by atoms with Crippen LogP contribution in [0.5, 0.6) is 0 Å². The number of likely N-dealkylation sites (N-methyl/N-ethyl adjacent to an activating group) is 1. The van der Waals surface area contributed by atoms with Gasteiger partial charge in [-0.3, -0.25) is 19.3 Å². The highest BCUT2D eigenvalue weighted by Gasteiger charge is 2.32. The summed E-state index contributed by atoms with van der Waals surface area (Å²) in [6, 6.07) is 0.512. The van der Waals surface area contributed by atoms with E-state index in [1.165, 1.54) is 5.56 Å². The predicted octanol–water partition coefficient (Wildman–Crippen LogP) is 1.51. The first-order chi connectivity index (χ1) is 11.5. The van der Waals surface area contributed by atoms with Gasteiger partial charge in [0.1, 0.15) is 0 Å². The van der Waals surface area contributed by atoms with Crippen LogP contribution < -0.4 is 0 Å². The lowest BCUT2D eigenvalue weighted by molar-refractivity contribution is -0.137. The Morgan fingerprint density at radius 3 is 2.50 bits per heavy atom. The van der Waals surface area contributed by atoms with Crippen molar-refractivity contribution in [3.05, 3.63) is 17.5 Å². The molecule has 2 aliphatic rings. The maximum absolute atomic E-state index is 12.7. The van der Waals surface area contributed by atoms with Gasteiger partial charge in [0.05, 0.1) is 11.7 Å². The number of hydrogen-bond acceptors (Lipinski definition) is 4. The van der Waals surface area contributed by atoms with Gasteiger partial charge in [0.25, 0.3) is 0 Å². The van der Waals surface area contributed by atoms with Gasteiger partial charge in [-0.15, -0.1) is 0 Å². The Hall–Kier alpha value is -1.40. The molecule has 1 amide bonds. The summed E-state index contributed by atoms with van der Waals surface area (Å²) in [5.41, 5.74) is 2.42. The van der Waals surface area contributed by atoms with Gasteiger partial charge < -0.3 is 4.90 Å². The molecule has 134 valence electrons. The van der Waals surface area contributed by atoms with Gasteiger partial charge in [-0.2, -0.15) is 5.10 Å². The molecular weight excluding hydrogens is 302 g/mol. The lowest BCUT2D eigenvalue weighted by Crippen LogP contribution is -2.52. The minimum atomic E-state index is 0.114. The number of piperazine rings is 1. The highest BCUT2D eigenvalue weighted by Crippen LogP contribution is 2.19. The van der Waals surface area contributed by atoms with Crippen LogP contribution in [0.25, 0.3) is 0 Å². The third kappa shape index (κ3) is 3.64. The van der Waals surface area contributed by atoms with Gasteiger partial charge in [-0.05, 0) is 47.2 Å². The normalized spacial score (nSPS) is 23.4. The molecule has 3 rings (SSSR count). The van der Waals surface area contributed by atoms with E-state index in [9.17, 15) is 4.79 Å². The van der Waals surface area contributed by atoms with E-state index < -0.39 is 0 Å². The molecule has 0 N–H and O–H groups in total. The lowest BCUT2D eigenvalue weighted by Gasteiger charge is -2.36. The molecule has 0 spiro atoms. The van der Waals surface area contributed by atoms with E-state index in [-0.39, 0.29) is 6.04 Å². The standard InChI is InChI=1S/C18H31N5O/c1-14(2)23-13-16(15(3)19-23)12-21-8-10-22(11-9-21)18(24)17-6-5-7-20(17)4/h13-14,17H,5-12H2,1-4H3/t17-/m1/s1. The fourth-order valence-electron chi connectivity index (χ4n) is 3.74. The highest BCUT2D eigenvalue weighted by atomic mass is 16.2. The molecule has 3 heterocycles. The molecule has 0 bridgehead atoms. The van der Waals surface area contributed by atoms with Crippen molar-refractivity contribution in [3.8, 4) is 0 Å². The molecule has 0 saturated carbocycles. The molecular formula is C18H31N5O. The van der Waals surface area contributed by atoms with Crippen LogP contribution in [0.3, 0.4) is 0 Å². The molecule has 0 radical (unpaired) electrons. The van der Waals surface area contributed by atoms with Crippen LogP contribution in [0, 0.1) is 6.92 Å². The van der Waals surface area contributed by atoms with Gasteiger partial charge >= 0.3 is 0 Å². The minimum absolute atomic E-state index is 0.114. The smallest absolute Gasteiger partial charge is 0.240 e. The van der Waals surface area contributed by atoms with Gasteiger partial charge in [-0.1, -0.05) is 0 Å². The van der Waals surface area contributed by atoms with Crippen molar-refractivity contribution < 1.29 is 4.79 Å². The van der Waals surface area contributed by atoms with E-state index in [1.54, 1.807) is 0 Å². The van der Waals surface area contributed by atoms with Crippen molar-refractivity contribution >= 4 is 5.91 Å². The van der Waals surface area contributed by atoms with Crippen molar-refractivity contribution in [2.45, 2.75) is 52.2 Å². The number of aryl methyl sites for hydroxylation is 1. The van der Waals surface area contributed by atoms with Gasteiger partial charge in [-0.25, -0.2) is 0 Å². The predicted molar refractivity (Wildman–Crippen MR) is 94.9 cm³/mol. The first kappa shape index (κ1) is 17.4. The Morgan fingerprint density at radius 1 is 1.25 bits per heavy atom. The number of nitrogens with zero attached hydrogens (tertiary/aromatic N) is 5. The van der Waals surface area contributed by atoms with Crippen LogP contribution in [-0.4, -0.2) is 76.2 Å². The van der Waals surface area contributed by atoms with E-state index in [0.717, 1.165) is 57.8 Å². The summed E-state index contributed by atoms with van der Waals surface area (Å²) in [6.45, 7) is 12.0. The quantitative estimate of drug-likeness (QED) is 0.838. The van der Waals surface area contributed by atoms with Crippen LogP contribution in [0.2, 0.25) is 0 Å².